The van der Waals surface area contributed by atoms with Gasteiger partial charge in [0.05, 0.1) is 0 Å². The number of anilines is 1. The number of carbonyl (C=O) groups is 1. The molecule has 0 saturated heterocycles. The Labute approximate surface area is 133 Å². The Bertz CT molecular complexity index is 711. The van der Waals surface area contributed by atoms with E-state index in [0.29, 0.717) is 11.5 Å². The lowest BCUT2D eigenvalue weighted by Crippen LogP contribution is -2.19. The maximum absolute atomic E-state index is 12.1. The number of amides is 1. The number of hydrogen-bond acceptors (Lipinski definition) is 5. The number of benzene rings is 1. The second kappa shape index (κ2) is 7.50. The molecule has 1 aromatic heterocycles. The average Bonchev–Trinajstić information content (AvgIpc) is 2.87. The summed E-state index contributed by atoms with van der Waals surface area (Å²) in [4.78, 5) is 26.0. The summed E-state index contributed by atoms with van der Waals surface area (Å²) in [6.07, 6.45) is 1.26. The van der Waals surface area contributed by atoms with Gasteiger partial charge >= 0.3 is 5.82 Å². The minimum absolute atomic E-state index is 0.0237. The van der Waals surface area contributed by atoms with Crippen molar-refractivity contribution < 1.29 is 9.72 Å². The van der Waals surface area contributed by atoms with Gasteiger partial charge in [-0.05, 0) is 34.1 Å². The first kappa shape index (κ1) is 16.6. The molecule has 0 radical (unpaired) electrons. The summed E-state index contributed by atoms with van der Waals surface area (Å²) in [5.74, 6) is -0.100. The molecule has 0 atom stereocenters. The lowest BCUT2D eigenvalue weighted by molar-refractivity contribution is -0.389. The smallest absolute Gasteiger partial charge is 0.358 e. The van der Waals surface area contributed by atoms with E-state index in [1.54, 1.807) is 13.0 Å². The van der Waals surface area contributed by atoms with Crippen molar-refractivity contribution in [3.05, 3.63) is 52.0 Å². The van der Waals surface area contributed by atoms with Crippen molar-refractivity contribution in [3.8, 4) is 0 Å². The third-order valence-corrected chi connectivity index (χ3v) is 3.25. The molecule has 122 valence electrons. The van der Waals surface area contributed by atoms with Crippen LogP contribution in [-0.2, 0) is 17.9 Å². The van der Waals surface area contributed by atoms with Gasteiger partial charge in [-0.15, -0.1) is 0 Å². The molecule has 8 nitrogen and oxygen atoms in total. The number of aromatic nitrogens is 2. The summed E-state index contributed by atoms with van der Waals surface area (Å²) in [5.41, 5.74) is 1.76. The highest BCUT2D eigenvalue weighted by molar-refractivity contribution is 5.90. The van der Waals surface area contributed by atoms with Crippen LogP contribution >= 0.6 is 0 Å². The molecule has 0 unspecified atom stereocenters. The van der Waals surface area contributed by atoms with Gasteiger partial charge < -0.3 is 20.7 Å². The number of nitrogens with one attached hydrogen (secondary N) is 2. The number of carbonyl (C=O) groups excluding carboxylic acids is 1. The fourth-order valence-electron chi connectivity index (χ4n) is 2.12. The summed E-state index contributed by atoms with van der Waals surface area (Å²) >= 11 is 0. The van der Waals surface area contributed by atoms with Gasteiger partial charge in [0.25, 0.3) is 0 Å². The summed E-state index contributed by atoms with van der Waals surface area (Å²) in [6, 6.07) is 7.54. The quantitative estimate of drug-likeness (QED) is 0.599. The molecule has 0 bridgehead atoms. The molecular formula is C15H19N5O3. The highest BCUT2D eigenvalue weighted by atomic mass is 16.6. The van der Waals surface area contributed by atoms with Gasteiger partial charge in [-0.1, -0.05) is 19.1 Å². The third-order valence-electron chi connectivity index (χ3n) is 3.25. The van der Waals surface area contributed by atoms with E-state index in [4.69, 9.17) is 0 Å². The van der Waals surface area contributed by atoms with Crippen LogP contribution in [0, 0.1) is 17.0 Å². The van der Waals surface area contributed by atoms with Gasteiger partial charge in [-0.3, -0.25) is 9.36 Å². The predicted molar refractivity (Wildman–Crippen MR) is 86.1 cm³/mol. The van der Waals surface area contributed by atoms with Crippen molar-refractivity contribution in [2.24, 2.45) is 0 Å². The van der Waals surface area contributed by atoms with Gasteiger partial charge in [0.15, 0.2) is 0 Å². The lowest BCUT2D eigenvalue weighted by Gasteiger charge is -2.08. The molecule has 23 heavy (non-hydrogen) atoms. The first-order valence-corrected chi connectivity index (χ1v) is 7.27. The molecule has 0 spiro atoms. The molecule has 2 N–H and O–H groups in total. The van der Waals surface area contributed by atoms with Gasteiger partial charge in [0.1, 0.15) is 12.7 Å². The number of rotatable bonds is 7. The van der Waals surface area contributed by atoms with E-state index >= 15 is 0 Å². The van der Waals surface area contributed by atoms with E-state index in [0.717, 1.165) is 18.7 Å². The van der Waals surface area contributed by atoms with Crippen molar-refractivity contribution in [2.75, 3.05) is 11.9 Å². The first-order valence-electron chi connectivity index (χ1n) is 7.27. The molecule has 2 aromatic rings. The Balaban J connectivity index is 2.01. The zero-order valence-corrected chi connectivity index (χ0v) is 13.1. The van der Waals surface area contributed by atoms with Crippen molar-refractivity contribution in [1.82, 2.24) is 14.9 Å². The summed E-state index contributed by atoms with van der Waals surface area (Å²) in [7, 11) is 0. The second-order valence-corrected chi connectivity index (χ2v) is 5.06. The van der Waals surface area contributed by atoms with Crippen LogP contribution in [-0.4, -0.2) is 26.9 Å². The van der Waals surface area contributed by atoms with E-state index < -0.39 is 4.92 Å². The number of aryl methyl sites for hydroxylation is 1. The summed E-state index contributed by atoms with van der Waals surface area (Å²) in [5, 5.41) is 16.7. The molecule has 0 aliphatic carbocycles. The van der Waals surface area contributed by atoms with E-state index in [-0.39, 0.29) is 18.3 Å². The van der Waals surface area contributed by atoms with E-state index in [2.05, 4.69) is 15.6 Å². The normalized spacial score (nSPS) is 10.5. The molecule has 2 rings (SSSR count). The SMILES string of the molecule is CCNCc1cccc(NC(=O)Cn2cc([N+](=O)[O-])nc2C)c1. The van der Waals surface area contributed by atoms with Crippen LogP contribution in [0.2, 0.25) is 0 Å². The highest BCUT2D eigenvalue weighted by Gasteiger charge is 2.16. The van der Waals surface area contributed by atoms with E-state index in [1.165, 1.54) is 10.8 Å². The number of hydrogen-bond donors (Lipinski definition) is 2. The largest absolute Gasteiger partial charge is 0.381 e. The minimum atomic E-state index is -0.578. The van der Waals surface area contributed by atoms with Gasteiger partial charge in [-0.2, -0.15) is 0 Å². The summed E-state index contributed by atoms with van der Waals surface area (Å²) in [6.45, 7) is 5.22. The minimum Gasteiger partial charge on any atom is -0.358 e. The topological polar surface area (TPSA) is 102 Å². The molecule has 8 heteroatoms. The van der Waals surface area contributed by atoms with Crippen LogP contribution in [0.3, 0.4) is 0 Å². The van der Waals surface area contributed by atoms with Gasteiger partial charge in [-0.25, -0.2) is 0 Å². The zero-order chi connectivity index (χ0) is 16.8. The zero-order valence-electron chi connectivity index (χ0n) is 13.1. The third kappa shape index (κ3) is 4.62. The Morgan fingerprint density at radius 3 is 2.87 bits per heavy atom. The van der Waals surface area contributed by atoms with Crippen LogP contribution in [0.25, 0.3) is 0 Å². The van der Waals surface area contributed by atoms with Crippen LogP contribution in [0.4, 0.5) is 11.5 Å². The molecule has 0 saturated carbocycles. The van der Waals surface area contributed by atoms with Crippen LogP contribution in [0.5, 0.6) is 0 Å². The Morgan fingerprint density at radius 2 is 2.22 bits per heavy atom. The van der Waals surface area contributed by atoms with Gasteiger partial charge in [0, 0.05) is 19.2 Å². The summed E-state index contributed by atoms with van der Waals surface area (Å²) < 4.78 is 1.45. The molecule has 0 aliphatic heterocycles. The van der Waals surface area contributed by atoms with E-state index in [9.17, 15) is 14.9 Å². The number of imidazole rings is 1. The second-order valence-electron chi connectivity index (χ2n) is 5.06. The maximum atomic E-state index is 12.1. The standard InChI is InChI=1S/C15H19N5O3/c1-3-16-8-12-5-4-6-13(7-12)18-15(21)10-19-9-14(20(22)23)17-11(19)2/h4-7,9,16H,3,8,10H2,1-2H3,(H,18,21). The Morgan fingerprint density at radius 1 is 1.43 bits per heavy atom. The monoisotopic (exact) mass is 317 g/mol. The highest BCUT2D eigenvalue weighted by Crippen LogP contribution is 2.13. The first-order chi connectivity index (χ1) is 11.0. The van der Waals surface area contributed by atoms with Crippen molar-refractivity contribution >= 4 is 17.4 Å². The molecule has 0 fully saturated rings. The molecular weight excluding hydrogens is 298 g/mol. The number of nitro groups is 1. The molecule has 1 aromatic carbocycles. The van der Waals surface area contributed by atoms with Crippen LogP contribution < -0.4 is 10.6 Å². The maximum Gasteiger partial charge on any atom is 0.381 e. The lowest BCUT2D eigenvalue weighted by atomic mass is 10.2. The average molecular weight is 317 g/mol. The molecule has 1 heterocycles. The fourth-order valence-corrected chi connectivity index (χ4v) is 2.12. The van der Waals surface area contributed by atoms with Crippen LogP contribution in [0.15, 0.2) is 30.5 Å². The Hall–Kier alpha value is -2.74. The van der Waals surface area contributed by atoms with E-state index in [1.807, 2.05) is 25.1 Å². The fraction of sp³-hybridized carbons (Fsp3) is 0.333. The van der Waals surface area contributed by atoms with Crippen molar-refractivity contribution in [3.63, 3.8) is 0 Å². The molecule has 0 aliphatic rings. The molecule has 1 amide bonds. The predicted octanol–water partition coefficient (Wildman–Crippen LogP) is 1.85. The Kier molecular flexibility index (Phi) is 5.42. The van der Waals surface area contributed by atoms with Crippen LogP contribution in [0.1, 0.15) is 18.3 Å². The van der Waals surface area contributed by atoms with Crippen molar-refractivity contribution in [2.45, 2.75) is 26.9 Å². The number of nitrogens with zero attached hydrogens (tertiary/aromatic N) is 3. The van der Waals surface area contributed by atoms with Crippen molar-refractivity contribution in [1.29, 1.82) is 0 Å². The van der Waals surface area contributed by atoms with Gasteiger partial charge in [0.2, 0.25) is 11.7 Å².